The summed E-state index contributed by atoms with van der Waals surface area (Å²) in [4.78, 5) is 12.2. The average molecular weight is 239 g/mol. The molecule has 0 bridgehead atoms. The molecule has 6 heteroatoms. The van der Waals surface area contributed by atoms with E-state index in [0.717, 1.165) is 19.3 Å². The Morgan fingerprint density at radius 2 is 2.44 bits per heavy atom. The van der Waals surface area contributed by atoms with E-state index in [-0.39, 0.29) is 23.6 Å². The number of nitrogens with zero attached hydrogens (tertiary/aromatic N) is 1. The molecule has 0 radical (unpaired) electrons. The first-order valence-electron chi connectivity index (χ1n) is 5.19. The van der Waals surface area contributed by atoms with Crippen LogP contribution in [0.1, 0.15) is 29.8 Å². The van der Waals surface area contributed by atoms with Crippen LogP contribution in [-0.4, -0.2) is 22.1 Å². The molecule has 0 aromatic carbocycles. The van der Waals surface area contributed by atoms with Crippen molar-refractivity contribution in [3.8, 4) is 0 Å². The van der Waals surface area contributed by atoms with Crippen LogP contribution >= 0.6 is 12.2 Å². The molecule has 1 aromatic rings. The van der Waals surface area contributed by atoms with E-state index in [0.29, 0.717) is 4.99 Å². The molecule has 2 unspecified atom stereocenters. The summed E-state index contributed by atoms with van der Waals surface area (Å²) in [5, 5.41) is 6.46. The van der Waals surface area contributed by atoms with E-state index in [1.807, 2.05) is 0 Å². The topological polar surface area (TPSA) is 81.1 Å². The maximum atomic E-state index is 11.7. The van der Waals surface area contributed by atoms with Crippen LogP contribution in [0.2, 0.25) is 0 Å². The lowest BCUT2D eigenvalue weighted by Gasteiger charge is -2.19. The lowest BCUT2D eigenvalue weighted by molar-refractivity contribution is 0.0924. The number of nitrogens with one attached hydrogen (secondary N) is 1. The summed E-state index contributed by atoms with van der Waals surface area (Å²) in [7, 11) is 0. The third kappa shape index (κ3) is 2.21. The van der Waals surface area contributed by atoms with Gasteiger partial charge in [0.15, 0.2) is 5.69 Å². The van der Waals surface area contributed by atoms with Gasteiger partial charge in [-0.25, -0.2) is 0 Å². The van der Waals surface area contributed by atoms with Crippen LogP contribution in [0.15, 0.2) is 16.9 Å². The van der Waals surface area contributed by atoms with Crippen molar-refractivity contribution in [2.45, 2.75) is 25.3 Å². The van der Waals surface area contributed by atoms with Crippen molar-refractivity contribution in [3.63, 3.8) is 0 Å². The summed E-state index contributed by atoms with van der Waals surface area (Å²) >= 11 is 4.98. The fraction of sp³-hybridized carbons (Fsp3) is 0.500. The lowest BCUT2D eigenvalue weighted by atomic mass is 10.0. The van der Waals surface area contributed by atoms with E-state index in [9.17, 15) is 4.79 Å². The van der Waals surface area contributed by atoms with E-state index in [4.69, 9.17) is 18.0 Å². The average Bonchev–Trinajstić information content (AvgIpc) is 2.86. The Morgan fingerprint density at radius 3 is 3.06 bits per heavy atom. The number of carbonyl (C=O) groups is 1. The van der Waals surface area contributed by atoms with Crippen molar-refractivity contribution < 1.29 is 9.32 Å². The molecule has 0 aliphatic heterocycles. The standard InChI is InChI=1S/C10H13N3O2S/c11-9(16)6-2-1-3-7(6)12-10(14)8-4-5-15-13-8/h4-7H,1-3H2,(H2,11,16)(H,12,14). The highest BCUT2D eigenvalue weighted by atomic mass is 32.1. The van der Waals surface area contributed by atoms with E-state index in [1.54, 1.807) is 0 Å². The molecule has 1 aromatic heterocycles. The molecular formula is C10H13N3O2S. The molecule has 1 fully saturated rings. The van der Waals surface area contributed by atoms with Crippen LogP contribution in [0, 0.1) is 5.92 Å². The first-order valence-corrected chi connectivity index (χ1v) is 5.60. The van der Waals surface area contributed by atoms with Crippen LogP contribution in [-0.2, 0) is 0 Å². The normalized spacial score (nSPS) is 24.2. The Hall–Kier alpha value is -1.43. The quantitative estimate of drug-likeness (QED) is 0.765. The summed E-state index contributed by atoms with van der Waals surface area (Å²) < 4.78 is 4.61. The van der Waals surface area contributed by atoms with Gasteiger partial charge in [0.05, 0.1) is 4.99 Å². The van der Waals surface area contributed by atoms with Crippen LogP contribution in [0.4, 0.5) is 0 Å². The Bertz CT molecular complexity index is 391. The van der Waals surface area contributed by atoms with E-state index >= 15 is 0 Å². The molecule has 16 heavy (non-hydrogen) atoms. The molecule has 0 saturated heterocycles. The molecule has 1 aliphatic carbocycles. The van der Waals surface area contributed by atoms with Crippen molar-refractivity contribution in [2.75, 3.05) is 0 Å². The molecule has 2 atom stereocenters. The van der Waals surface area contributed by atoms with E-state index in [1.165, 1.54) is 12.3 Å². The maximum absolute atomic E-state index is 11.7. The van der Waals surface area contributed by atoms with Gasteiger partial charge >= 0.3 is 0 Å². The number of hydrogen-bond donors (Lipinski definition) is 2. The lowest BCUT2D eigenvalue weighted by Crippen LogP contribution is -2.41. The summed E-state index contributed by atoms with van der Waals surface area (Å²) in [5.74, 6) is -0.132. The number of rotatable bonds is 3. The summed E-state index contributed by atoms with van der Waals surface area (Å²) in [5.41, 5.74) is 5.91. The molecule has 0 spiro atoms. The molecule has 1 aliphatic rings. The van der Waals surface area contributed by atoms with Gasteiger partial charge in [-0.3, -0.25) is 4.79 Å². The predicted octanol–water partition coefficient (Wildman–Crippen LogP) is 0.859. The van der Waals surface area contributed by atoms with Gasteiger partial charge in [0.2, 0.25) is 0 Å². The molecule has 2 rings (SSSR count). The second-order valence-corrected chi connectivity index (χ2v) is 4.38. The van der Waals surface area contributed by atoms with Crippen LogP contribution in [0.25, 0.3) is 0 Å². The molecule has 5 nitrogen and oxygen atoms in total. The number of carbonyl (C=O) groups excluding carboxylic acids is 1. The van der Waals surface area contributed by atoms with Crippen molar-refractivity contribution in [3.05, 3.63) is 18.0 Å². The first-order chi connectivity index (χ1) is 7.68. The molecular weight excluding hydrogens is 226 g/mol. The first kappa shape index (κ1) is 11.1. The molecule has 1 saturated carbocycles. The van der Waals surface area contributed by atoms with Gasteiger partial charge in [-0.1, -0.05) is 23.8 Å². The fourth-order valence-electron chi connectivity index (χ4n) is 2.05. The summed E-state index contributed by atoms with van der Waals surface area (Å²) in [6.45, 7) is 0. The highest BCUT2D eigenvalue weighted by Gasteiger charge is 2.31. The molecule has 1 amide bonds. The van der Waals surface area contributed by atoms with Gasteiger partial charge in [-0.2, -0.15) is 0 Å². The number of nitrogens with two attached hydrogens (primary N) is 1. The molecule has 3 N–H and O–H groups in total. The zero-order chi connectivity index (χ0) is 11.5. The van der Waals surface area contributed by atoms with Crippen LogP contribution in [0.3, 0.4) is 0 Å². The van der Waals surface area contributed by atoms with Gasteiger partial charge < -0.3 is 15.6 Å². The Morgan fingerprint density at radius 1 is 1.62 bits per heavy atom. The third-order valence-electron chi connectivity index (χ3n) is 2.87. The molecule has 1 heterocycles. The number of thiocarbonyl (C=S) groups is 1. The monoisotopic (exact) mass is 239 g/mol. The largest absolute Gasteiger partial charge is 0.393 e. The van der Waals surface area contributed by atoms with Crippen molar-refractivity contribution in [1.82, 2.24) is 10.5 Å². The highest BCUT2D eigenvalue weighted by Crippen LogP contribution is 2.26. The van der Waals surface area contributed by atoms with Gasteiger partial charge in [0, 0.05) is 18.0 Å². The zero-order valence-corrected chi connectivity index (χ0v) is 9.50. The minimum absolute atomic E-state index is 0.0294. The number of hydrogen-bond acceptors (Lipinski definition) is 4. The maximum Gasteiger partial charge on any atom is 0.273 e. The molecule has 86 valence electrons. The summed E-state index contributed by atoms with van der Waals surface area (Å²) in [6.07, 6.45) is 4.26. The van der Waals surface area contributed by atoms with E-state index < -0.39 is 0 Å². The van der Waals surface area contributed by atoms with E-state index in [2.05, 4.69) is 15.0 Å². The van der Waals surface area contributed by atoms with Gasteiger partial charge in [0.25, 0.3) is 5.91 Å². The third-order valence-corrected chi connectivity index (χ3v) is 3.17. The second kappa shape index (κ2) is 4.61. The minimum Gasteiger partial charge on any atom is -0.393 e. The Kier molecular flexibility index (Phi) is 3.19. The van der Waals surface area contributed by atoms with Gasteiger partial charge in [-0.05, 0) is 12.8 Å². The van der Waals surface area contributed by atoms with Crippen molar-refractivity contribution in [2.24, 2.45) is 11.7 Å². The van der Waals surface area contributed by atoms with Crippen molar-refractivity contribution in [1.29, 1.82) is 0 Å². The minimum atomic E-state index is -0.234. The second-order valence-electron chi connectivity index (χ2n) is 3.90. The SMILES string of the molecule is NC(=S)C1CCCC1NC(=O)c1ccon1. The fourth-order valence-corrected chi connectivity index (χ4v) is 2.33. The Labute approximate surface area is 98.4 Å². The Balaban J connectivity index is 1.99. The van der Waals surface area contributed by atoms with Crippen LogP contribution < -0.4 is 11.1 Å². The number of aromatic nitrogens is 1. The van der Waals surface area contributed by atoms with Crippen LogP contribution in [0.5, 0.6) is 0 Å². The van der Waals surface area contributed by atoms with Crippen molar-refractivity contribution >= 4 is 23.1 Å². The highest BCUT2D eigenvalue weighted by molar-refractivity contribution is 7.80. The predicted molar refractivity (Wildman–Crippen MR) is 61.9 cm³/mol. The smallest absolute Gasteiger partial charge is 0.273 e. The summed E-state index contributed by atoms with van der Waals surface area (Å²) in [6, 6.07) is 1.56. The zero-order valence-electron chi connectivity index (χ0n) is 8.68. The number of amides is 1. The van der Waals surface area contributed by atoms with Gasteiger partial charge in [-0.15, -0.1) is 0 Å². The van der Waals surface area contributed by atoms with Gasteiger partial charge in [0.1, 0.15) is 6.26 Å².